The maximum atomic E-state index is 10.4. The summed E-state index contributed by atoms with van der Waals surface area (Å²) >= 11 is 0. The molecule has 0 aliphatic carbocycles. The number of aliphatic hydroxyl groups is 1. The molecule has 0 saturated carbocycles. The quantitative estimate of drug-likeness (QED) is 0.901. The summed E-state index contributed by atoms with van der Waals surface area (Å²) < 4.78 is 1.87. The number of rotatable bonds is 3. The third-order valence-electron chi connectivity index (χ3n) is 3.60. The molecule has 2 rings (SSSR count). The Labute approximate surface area is 108 Å². The van der Waals surface area contributed by atoms with Gasteiger partial charge in [-0.2, -0.15) is 5.10 Å². The topological polar surface area (TPSA) is 38.1 Å². The van der Waals surface area contributed by atoms with Crippen LogP contribution in [-0.2, 0) is 13.5 Å². The van der Waals surface area contributed by atoms with Gasteiger partial charge in [-0.15, -0.1) is 0 Å². The molecule has 1 N–H and O–H groups in total. The largest absolute Gasteiger partial charge is 0.388 e. The number of hydrogen-bond donors (Lipinski definition) is 1. The van der Waals surface area contributed by atoms with Gasteiger partial charge in [0.1, 0.15) is 0 Å². The standard InChI is InChI=1S/C15H20N2O/c1-10-7-5-6-8-13(10)15(18)9-14-11(2)16-17(4)12(14)3/h5-8,15,18H,9H2,1-4H3. The van der Waals surface area contributed by atoms with Gasteiger partial charge in [0.15, 0.2) is 0 Å². The van der Waals surface area contributed by atoms with Crippen LogP contribution in [0, 0.1) is 20.8 Å². The van der Waals surface area contributed by atoms with Gasteiger partial charge < -0.3 is 5.11 Å². The predicted molar refractivity (Wildman–Crippen MR) is 72.5 cm³/mol. The molecular weight excluding hydrogens is 224 g/mol. The molecule has 1 atom stereocenters. The molecule has 0 spiro atoms. The van der Waals surface area contributed by atoms with Crippen LogP contribution in [0.25, 0.3) is 0 Å². The fourth-order valence-corrected chi connectivity index (χ4v) is 2.38. The number of aromatic nitrogens is 2. The van der Waals surface area contributed by atoms with Gasteiger partial charge in [-0.1, -0.05) is 24.3 Å². The van der Waals surface area contributed by atoms with Crippen molar-refractivity contribution in [2.75, 3.05) is 0 Å². The Morgan fingerprint density at radius 3 is 2.44 bits per heavy atom. The zero-order valence-electron chi connectivity index (χ0n) is 11.4. The number of hydrogen-bond acceptors (Lipinski definition) is 2. The normalized spacial score (nSPS) is 12.7. The SMILES string of the molecule is Cc1ccccc1C(O)Cc1c(C)nn(C)c1C. The van der Waals surface area contributed by atoms with Crippen molar-refractivity contribution in [3.63, 3.8) is 0 Å². The first kappa shape index (κ1) is 12.8. The van der Waals surface area contributed by atoms with E-state index in [9.17, 15) is 5.11 Å². The highest BCUT2D eigenvalue weighted by Crippen LogP contribution is 2.24. The van der Waals surface area contributed by atoms with Crippen LogP contribution in [0.5, 0.6) is 0 Å². The van der Waals surface area contributed by atoms with Crippen molar-refractivity contribution in [2.24, 2.45) is 7.05 Å². The van der Waals surface area contributed by atoms with E-state index in [2.05, 4.69) is 5.10 Å². The van der Waals surface area contributed by atoms with Gasteiger partial charge in [0.05, 0.1) is 11.8 Å². The van der Waals surface area contributed by atoms with E-state index in [1.165, 1.54) is 0 Å². The predicted octanol–water partition coefficient (Wildman–Crippen LogP) is 2.62. The van der Waals surface area contributed by atoms with E-state index in [1.54, 1.807) is 0 Å². The van der Waals surface area contributed by atoms with Crippen LogP contribution in [0.2, 0.25) is 0 Å². The summed E-state index contributed by atoms with van der Waals surface area (Å²) in [7, 11) is 1.94. The highest BCUT2D eigenvalue weighted by atomic mass is 16.3. The minimum Gasteiger partial charge on any atom is -0.388 e. The van der Waals surface area contributed by atoms with Crippen LogP contribution in [0.1, 0.15) is 34.2 Å². The summed E-state index contributed by atoms with van der Waals surface area (Å²) in [5, 5.41) is 14.8. The highest BCUT2D eigenvalue weighted by molar-refractivity contribution is 5.31. The van der Waals surface area contributed by atoms with Crippen molar-refractivity contribution in [3.8, 4) is 0 Å². The van der Waals surface area contributed by atoms with Crippen molar-refractivity contribution < 1.29 is 5.11 Å². The molecule has 3 heteroatoms. The van der Waals surface area contributed by atoms with Crippen LogP contribution >= 0.6 is 0 Å². The monoisotopic (exact) mass is 244 g/mol. The number of nitrogens with zero attached hydrogens (tertiary/aromatic N) is 2. The molecule has 1 unspecified atom stereocenters. The molecule has 96 valence electrons. The van der Waals surface area contributed by atoms with Crippen molar-refractivity contribution >= 4 is 0 Å². The average Bonchev–Trinajstić information content (AvgIpc) is 2.56. The molecule has 0 aliphatic rings. The maximum absolute atomic E-state index is 10.4. The van der Waals surface area contributed by atoms with Gasteiger partial charge in [-0.25, -0.2) is 0 Å². The minimum atomic E-state index is -0.465. The Hall–Kier alpha value is -1.61. The smallest absolute Gasteiger partial charge is 0.0834 e. The molecule has 0 saturated heterocycles. The van der Waals surface area contributed by atoms with E-state index in [0.717, 1.165) is 28.1 Å². The van der Waals surface area contributed by atoms with Crippen molar-refractivity contribution in [1.82, 2.24) is 9.78 Å². The molecule has 0 aliphatic heterocycles. The highest BCUT2D eigenvalue weighted by Gasteiger charge is 2.16. The second-order valence-corrected chi connectivity index (χ2v) is 4.85. The Balaban J connectivity index is 2.27. The summed E-state index contributed by atoms with van der Waals surface area (Å²) in [5.74, 6) is 0. The van der Waals surface area contributed by atoms with Crippen LogP contribution in [0.15, 0.2) is 24.3 Å². The van der Waals surface area contributed by atoms with E-state index in [-0.39, 0.29) is 0 Å². The number of benzene rings is 1. The van der Waals surface area contributed by atoms with Crippen molar-refractivity contribution in [3.05, 3.63) is 52.3 Å². The lowest BCUT2D eigenvalue weighted by molar-refractivity contribution is 0.177. The van der Waals surface area contributed by atoms with E-state index >= 15 is 0 Å². The zero-order valence-corrected chi connectivity index (χ0v) is 11.4. The second-order valence-electron chi connectivity index (χ2n) is 4.85. The fraction of sp³-hybridized carbons (Fsp3) is 0.400. The van der Waals surface area contributed by atoms with E-state index in [4.69, 9.17) is 0 Å². The van der Waals surface area contributed by atoms with Gasteiger partial charge in [-0.05, 0) is 37.5 Å². The first-order valence-corrected chi connectivity index (χ1v) is 6.23. The van der Waals surface area contributed by atoms with Crippen LogP contribution in [0.3, 0.4) is 0 Å². The minimum absolute atomic E-state index is 0.465. The lowest BCUT2D eigenvalue weighted by Gasteiger charge is -2.14. The molecule has 18 heavy (non-hydrogen) atoms. The molecule has 0 radical (unpaired) electrons. The number of aliphatic hydroxyl groups excluding tert-OH is 1. The molecule has 3 nitrogen and oxygen atoms in total. The lowest BCUT2D eigenvalue weighted by Crippen LogP contribution is -2.05. The first-order valence-electron chi connectivity index (χ1n) is 6.23. The van der Waals surface area contributed by atoms with Gasteiger partial charge in [0.25, 0.3) is 0 Å². The molecule has 0 bridgehead atoms. The molecule has 1 aromatic heterocycles. The summed E-state index contributed by atoms with van der Waals surface area (Å²) in [4.78, 5) is 0. The summed E-state index contributed by atoms with van der Waals surface area (Å²) in [5.41, 5.74) is 5.40. The Kier molecular flexibility index (Phi) is 3.53. The van der Waals surface area contributed by atoms with Gasteiger partial charge in [0, 0.05) is 19.2 Å². The molecule has 0 fully saturated rings. The Bertz CT molecular complexity index is 558. The summed E-state index contributed by atoms with van der Waals surface area (Å²) in [6, 6.07) is 7.98. The Morgan fingerprint density at radius 1 is 1.22 bits per heavy atom. The van der Waals surface area contributed by atoms with Crippen LogP contribution < -0.4 is 0 Å². The van der Waals surface area contributed by atoms with Crippen LogP contribution in [0.4, 0.5) is 0 Å². The van der Waals surface area contributed by atoms with Gasteiger partial charge in [-0.3, -0.25) is 4.68 Å². The zero-order chi connectivity index (χ0) is 13.3. The van der Waals surface area contributed by atoms with Crippen molar-refractivity contribution in [2.45, 2.75) is 33.3 Å². The second kappa shape index (κ2) is 4.94. The molecule has 0 amide bonds. The third kappa shape index (κ3) is 2.31. The van der Waals surface area contributed by atoms with Gasteiger partial charge in [0.2, 0.25) is 0 Å². The fourth-order valence-electron chi connectivity index (χ4n) is 2.38. The van der Waals surface area contributed by atoms with Crippen LogP contribution in [-0.4, -0.2) is 14.9 Å². The molecule has 2 aromatic rings. The average molecular weight is 244 g/mol. The third-order valence-corrected chi connectivity index (χ3v) is 3.60. The lowest BCUT2D eigenvalue weighted by atomic mass is 9.97. The number of aryl methyl sites for hydroxylation is 3. The summed E-state index contributed by atoms with van der Waals surface area (Å²) in [6.45, 7) is 6.06. The van der Waals surface area contributed by atoms with E-state index in [1.807, 2.05) is 56.8 Å². The maximum Gasteiger partial charge on any atom is 0.0834 e. The van der Waals surface area contributed by atoms with Crippen molar-refractivity contribution in [1.29, 1.82) is 0 Å². The van der Waals surface area contributed by atoms with E-state index < -0.39 is 6.10 Å². The first-order chi connectivity index (χ1) is 8.50. The Morgan fingerprint density at radius 2 is 1.89 bits per heavy atom. The molecular formula is C15H20N2O. The van der Waals surface area contributed by atoms with E-state index in [0.29, 0.717) is 6.42 Å². The molecule has 1 heterocycles. The summed E-state index contributed by atoms with van der Waals surface area (Å²) in [6.07, 6.45) is 0.156. The van der Waals surface area contributed by atoms with Gasteiger partial charge >= 0.3 is 0 Å². The molecule has 1 aromatic carbocycles.